The van der Waals surface area contributed by atoms with Gasteiger partial charge in [-0.2, -0.15) is 0 Å². The van der Waals surface area contributed by atoms with Crippen LogP contribution < -0.4 is 10.6 Å². The predicted molar refractivity (Wildman–Crippen MR) is 128 cm³/mol. The van der Waals surface area contributed by atoms with Gasteiger partial charge in [-0.15, -0.1) is 0 Å². The molecule has 0 aromatic heterocycles. The van der Waals surface area contributed by atoms with Gasteiger partial charge in [-0.1, -0.05) is 37.0 Å². The van der Waals surface area contributed by atoms with Crippen molar-refractivity contribution in [2.45, 2.75) is 44.7 Å². The van der Waals surface area contributed by atoms with E-state index in [1.54, 1.807) is 18.2 Å². The van der Waals surface area contributed by atoms with Crippen LogP contribution in [0.4, 0.5) is 5.69 Å². The number of nitrogens with one attached hydrogen (secondary N) is 2. The lowest BCUT2D eigenvalue weighted by molar-refractivity contribution is -0.169. The number of anilines is 1. The number of carbonyl (C=O) groups is 4. The van der Waals surface area contributed by atoms with Crippen molar-refractivity contribution < 1.29 is 33.6 Å². The third kappa shape index (κ3) is 7.51. The van der Waals surface area contributed by atoms with Crippen molar-refractivity contribution in [3.8, 4) is 0 Å². The zero-order valence-electron chi connectivity index (χ0n) is 19.4. The Morgan fingerprint density at radius 3 is 2.53 bits per heavy atom. The van der Waals surface area contributed by atoms with Crippen LogP contribution in [-0.4, -0.2) is 73.1 Å². The van der Waals surface area contributed by atoms with Gasteiger partial charge in [0.05, 0.1) is 36.0 Å². The monoisotopic (exact) mass is 515 g/mol. The lowest BCUT2D eigenvalue weighted by atomic mass is 9.70. The fraction of sp³-hybridized carbons (Fsp3) is 0.524. The summed E-state index contributed by atoms with van der Waals surface area (Å²) in [6, 6.07) is 4.77. The van der Waals surface area contributed by atoms with Gasteiger partial charge in [0.2, 0.25) is 5.91 Å². The molecule has 0 bridgehead atoms. The largest absolute Gasteiger partial charge is 0.552 e. The van der Waals surface area contributed by atoms with E-state index in [9.17, 15) is 24.3 Å². The molecule has 1 aromatic rings. The van der Waals surface area contributed by atoms with Gasteiger partial charge in [0.1, 0.15) is 0 Å². The fourth-order valence-corrected chi connectivity index (χ4v) is 3.98. The summed E-state index contributed by atoms with van der Waals surface area (Å²) in [5, 5.41) is 15.8. The van der Waals surface area contributed by atoms with Crippen molar-refractivity contribution in [3.63, 3.8) is 0 Å². The van der Waals surface area contributed by atoms with E-state index >= 15 is 0 Å². The smallest absolute Gasteiger partial charge is 0.508 e. The lowest BCUT2D eigenvalue weighted by Crippen LogP contribution is -2.63. The molecule has 0 unspecified atom stereocenters. The maximum atomic E-state index is 12.8. The van der Waals surface area contributed by atoms with Crippen LogP contribution in [0.3, 0.4) is 0 Å². The Hall–Kier alpha value is -2.50. The molecule has 2 atom stereocenters. The molecule has 0 spiro atoms. The van der Waals surface area contributed by atoms with E-state index in [0.29, 0.717) is 22.2 Å². The second-order valence-corrected chi connectivity index (χ2v) is 9.54. The van der Waals surface area contributed by atoms with Crippen LogP contribution in [0.15, 0.2) is 18.2 Å². The number of nitrogens with zero attached hydrogens (tertiary/aromatic N) is 1. The Morgan fingerprint density at radius 1 is 1.26 bits per heavy atom. The van der Waals surface area contributed by atoms with Crippen LogP contribution in [0.5, 0.6) is 0 Å². The summed E-state index contributed by atoms with van der Waals surface area (Å²) in [4.78, 5) is 50.6. The number of hydrogen-bond donors (Lipinski definition) is 3. The van der Waals surface area contributed by atoms with Crippen LogP contribution in [0, 0.1) is 5.92 Å². The maximum Gasteiger partial charge on any atom is 0.552 e. The van der Waals surface area contributed by atoms with Gasteiger partial charge in [-0.05, 0) is 30.5 Å². The van der Waals surface area contributed by atoms with Crippen molar-refractivity contribution in [3.05, 3.63) is 28.2 Å². The molecule has 1 heterocycles. The van der Waals surface area contributed by atoms with E-state index < -0.39 is 55.3 Å². The van der Waals surface area contributed by atoms with Crippen molar-refractivity contribution in [1.29, 1.82) is 0 Å². The van der Waals surface area contributed by atoms with E-state index in [4.69, 9.17) is 32.5 Å². The average Bonchev–Trinajstić information content (AvgIpc) is 2.72. The molecule has 0 saturated carbocycles. The summed E-state index contributed by atoms with van der Waals surface area (Å²) in [7, 11) is 1.51. The second kappa shape index (κ2) is 11.8. The quantitative estimate of drug-likeness (QED) is 0.404. The zero-order valence-corrected chi connectivity index (χ0v) is 20.9. The van der Waals surface area contributed by atoms with Gasteiger partial charge in [-0.3, -0.25) is 19.2 Å². The van der Waals surface area contributed by atoms with E-state index in [-0.39, 0.29) is 12.5 Å². The molecule has 2 amide bonds. The van der Waals surface area contributed by atoms with Gasteiger partial charge in [0, 0.05) is 19.1 Å². The highest BCUT2D eigenvalue weighted by Gasteiger charge is 2.54. The molecule has 0 aliphatic carbocycles. The summed E-state index contributed by atoms with van der Waals surface area (Å²) >= 11 is 12.1. The summed E-state index contributed by atoms with van der Waals surface area (Å²) in [5.74, 6) is -4.03. The van der Waals surface area contributed by atoms with Gasteiger partial charge in [0.25, 0.3) is 11.9 Å². The molecular weight excluding hydrogens is 488 g/mol. The third-order valence-electron chi connectivity index (χ3n) is 5.02. The minimum atomic E-state index is -1.94. The average molecular weight is 516 g/mol. The molecule has 2 rings (SSSR count). The Labute approximate surface area is 208 Å². The van der Waals surface area contributed by atoms with Crippen LogP contribution in [-0.2, 0) is 28.5 Å². The number of carboxylic acid groups (broad SMARTS) is 1. The summed E-state index contributed by atoms with van der Waals surface area (Å²) < 4.78 is 11.2. The van der Waals surface area contributed by atoms with Crippen molar-refractivity contribution in [2.75, 3.05) is 26.0 Å². The highest BCUT2D eigenvalue weighted by Crippen LogP contribution is 2.31. The molecule has 186 valence electrons. The number of aliphatic carboxylic acids is 1. The van der Waals surface area contributed by atoms with Crippen LogP contribution >= 0.6 is 23.2 Å². The van der Waals surface area contributed by atoms with E-state index in [2.05, 4.69) is 10.6 Å². The molecule has 13 heteroatoms. The molecule has 10 nitrogen and oxygen atoms in total. The molecule has 0 radical (unpaired) electrons. The Morgan fingerprint density at radius 2 is 1.94 bits per heavy atom. The summed E-state index contributed by atoms with van der Waals surface area (Å²) in [5.41, 5.74) is -1.48. The number of likely N-dealkylation sites (N-methyl/N-ethyl adjacent to an activating group) is 1. The molecular formula is C21H28BCl2N3O7. The summed E-state index contributed by atoms with van der Waals surface area (Å²) in [6.45, 7) is 3.61. The number of rotatable bonds is 10. The minimum Gasteiger partial charge on any atom is -0.508 e. The highest BCUT2D eigenvalue weighted by molar-refractivity contribution is 6.50. The lowest BCUT2D eigenvalue weighted by Gasteiger charge is -2.40. The molecule has 1 saturated heterocycles. The first-order valence-electron chi connectivity index (χ1n) is 10.6. The second-order valence-electron chi connectivity index (χ2n) is 8.70. The predicted octanol–water partition coefficient (Wildman–Crippen LogP) is 2.23. The van der Waals surface area contributed by atoms with Gasteiger partial charge >= 0.3 is 13.1 Å². The molecule has 1 fully saturated rings. The van der Waals surface area contributed by atoms with Crippen molar-refractivity contribution >= 4 is 59.8 Å². The van der Waals surface area contributed by atoms with Crippen molar-refractivity contribution in [2.24, 2.45) is 5.92 Å². The van der Waals surface area contributed by atoms with E-state index in [1.165, 1.54) is 14.1 Å². The standard InChI is InChI=1S/C21H28BCl2N3O7/c1-12(2)7-16(26-17(28)11-25-15-8-13(23)5-6-14(15)24)22-33-19(31)10-21(34-22,9-18(29)30)20(32)27(3)4/h5-6,8,12,16,25H,7,9-11H2,1-4H3,(H,26,28)(H,29,30)/t16-,21+/m0/s1. The topological polar surface area (TPSA) is 134 Å². The van der Waals surface area contributed by atoms with Crippen LogP contribution in [0.1, 0.15) is 33.1 Å². The first-order valence-corrected chi connectivity index (χ1v) is 11.4. The highest BCUT2D eigenvalue weighted by atomic mass is 35.5. The molecule has 1 aliphatic rings. The van der Waals surface area contributed by atoms with E-state index in [1.807, 2.05) is 13.8 Å². The Bertz CT molecular complexity index is 943. The molecule has 34 heavy (non-hydrogen) atoms. The van der Waals surface area contributed by atoms with Crippen molar-refractivity contribution in [1.82, 2.24) is 10.2 Å². The SMILES string of the molecule is CC(C)C[C@H](NC(=O)CNc1cc(Cl)ccc1Cl)B1OC(=O)C[C@](CC(=O)O)(C(=O)N(C)C)O1. The number of hydrogen-bond acceptors (Lipinski definition) is 7. The first kappa shape index (κ1) is 27.7. The minimum absolute atomic E-state index is 0.0447. The van der Waals surface area contributed by atoms with Gasteiger partial charge in [-0.25, -0.2) is 0 Å². The number of halogens is 2. The number of benzene rings is 1. The van der Waals surface area contributed by atoms with Gasteiger partial charge < -0.3 is 29.9 Å². The first-order chi connectivity index (χ1) is 15.8. The molecule has 1 aromatic carbocycles. The van der Waals surface area contributed by atoms with Crippen LogP contribution in [0.2, 0.25) is 10.0 Å². The summed E-state index contributed by atoms with van der Waals surface area (Å²) in [6.07, 6.45) is -0.947. The fourth-order valence-electron chi connectivity index (χ4n) is 3.63. The maximum absolute atomic E-state index is 12.8. The Balaban J connectivity index is 2.22. The van der Waals surface area contributed by atoms with Crippen LogP contribution in [0.25, 0.3) is 0 Å². The molecule has 3 N–H and O–H groups in total. The third-order valence-corrected chi connectivity index (χ3v) is 5.58. The number of carbonyl (C=O) groups excluding carboxylic acids is 3. The molecule has 1 aliphatic heterocycles. The van der Waals surface area contributed by atoms with Gasteiger partial charge in [0.15, 0.2) is 5.60 Å². The normalized spacial score (nSPS) is 18.8. The van der Waals surface area contributed by atoms with E-state index in [0.717, 1.165) is 4.90 Å². The Kier molecular flexibility index (Phi) is 9.60. The number of amides is 2. The number of carboxylic acids is 1. The zero-order chi connectivity index (χ0) is 25.6.